The molecule has 14 nitrogen and oxygen atoms in total. The number of hydrogen-bond acceptors (Lipinski definition) is 12. The Morgan fingerprint density at radius 3 is 2.23 bits per heavy atom. The molecule has 293 valence electrons. The maximum atomic E-state index is 14.5. The zero-order valence-electron chi connectivity index (χ0n) is 32.7. The smallest absolute Gasteiger partial charge is 0.411 e. The molecule has 4 heterocycles. The molecule has 4 rings (SSSR count). The first-order chi connectivity index (χ1) is 23.2. The van der Waals surface area contributed by atoms with Gasteiger partial charge in [-0.1, -0.05) is 47.0 Å². The molecule has 0 spiro atoms. The molecule has 0 aromatic carbocycles. The van der Waals surface area contributed by atoms with Gasteiger partial charge in [0.1, 0.15) is 23.6 Å². The summed E-state index contributed by atoms with van der Waals surface area (Å²) in [5.41, 5.74) is -4.19. The fraction of sp³-hybridized carbons (Fsp3) is 0.833. The van der Waals surface area contributed by atoms with E-state index in [1.165, 1.54) is 4.90 Å². The normalized spacial score (nSPS) is 40.2. The van der Waals surface area contributed by atoms with E-state index in [0.717, 1.165) is 0 Å². The second-order valence-corrected chi connectivity index (χ2v) is 15.9. The first kappa shape index (κ1) is 47.0. The first-order valence-corrected chi connectivity index (χ1v) is 17.8. The Bertz CT molecular complexity index is 1320. The van der Waals surface area contributed by atoms with Crippen LogP contribution in [-0.4, -0.2) is 128 Å². The van der Waals surface area contributed by atoms with Crippen molar-refractivity contribution in [1.82, 2.24) is 15.1 Å². The van der Waals surface area contributed by atoms with Crippen LogP contribution in [0.2, 0.25) is 0 Å². The van der Waals surface area contributed by atoms with Gasteiger partial charge in [0.15, 0.2) is 17.7 Å². The average molecular weight is 998 g/mol. The molecule has 0 saturated carbocycles. The van der Waals surface area contributed by atoms with Crippen LogP contribution in [0.25, 0.3) is 0 Å². The third kappa shape index (κ3) is 9.61. The predicted octanol–water partition coefficient (Wildman–Crippen LogP) is 3.53. The number of nitrogens with one attached hydrogen (secondary N) is 1. The summed E-state index contributed by atoms with van der Waals surface area (Å²) < 4.78 is 37.5. The number of ketones is 2. The number of nitrogens with zero attached hydrogens (tertiary/aromatic N) is 2. The quantitative estimate of drug-likeness (QED) is 0.243. The molecule has 0 aromatic heterocycles. The maximum absolute atomic E-state index is 14.5. The van der Waals surface area contributed by atoms with Gasteiger partial charge in [-0.3, -0.25) is 19.3 Å². The maximum Gasteiger partial charge on any atom is 0.411 e. The van der Waals surface area contributed by atoms with Crippen molar-refractivity contribution >= 4 is 29.7 Å². The minimum absolute atomic E-state index is 0. The first-order valence-electron chi connectivity index (χ1n) is 17.8. The number of methoxy groups -OCH3 is 1. The molecule has 2 bridgehead atoms. The molecule has 0 aromatic rings. The standard InChI is InChI=1S/C36H58N3O11.U.V/c1-13-25-36(9)28-22(5)26(41)19(2)16-35(8,49-32(43)37-17-23(40)18-39(28)33(44)50-36)29(20(3)15-34(6,7)31(42)47-25)48-30-27(45-12)24(38(10)11)14-21(4)46-30;;/h15,19-22,24-25,27-30H,13-14,16-18H2,1-12H3,(H,37,43);;/q-1;;/t19-,20+,21-,22+,24+,25-,27-,28-,29-,30+,35-,36-;;/m1../s1. The molecule has 12 atom stereocenters. The van der Waals surface area contributed by atoms with E-state index < -0.39 is 102 Å². The summed E-state index contributed by atoms with van der Waals surface area (Å²) >= 11 is 0. The van der Waals surface area contributed by atoms with Crippen molar-refractivity contribution in [3.63, 3.8) is 0 Å². The van der Waals surface area contributed by atoms with Gasteiger partial charge >= 0.3 is 12.2 Å². The summed E-state index contributed by atoms with van der Waals surface area (Å²) in [5.74, 6) is -3.53. The number of amides is 2. The van der Waals surface area contributed by atoms with Gasteiger partial charge in [-0.05, 0) is 54.1 Å². The van der Waals surface area contributed by atoms with Gasteiger partial charge in [-0.2, -0.15) is 0 Å². The predicted molar refractivity (Wildman–Crippen MR) is 181 cm³/mol. The van der Waals surface area contributed by atoms with Crippen LogP contribution >= 0.6 is 0 Å². The summed E-state index contributed by atoms with van der Waals surface area (Å²) in [5, 5.41) is 2.54. The van der Waals surface area contributed by atoms with Crippen molar-refractivity contribution in [3.05, 3.63) is 6.42 Å². The van der Waals surface area contributed by atoms with Gasteiger partial charge in [-0.25, -0.2) is 9.59 Å². The van der Waals surface area contributed by atoms with Gasteiger partial charge in [0.2, 0.25) is 0 Å². The number of ether oxygens (including phenoxy) is 6. The van der Waals surface area contributed by atoms with E-state index in [1.807, 2.05) is 39.8 Å². The van der Waals surface area contributed by atoms with Gasteiger partial charge in [0.05, 0.1) is 31.3 Å². The van der Waals surface area contributed by atoms with E-state index >= 15 is 0 Å². The molecule has 52 heavy (non-hydrogen) atoms. The average Bonchev–Trinajstić information content (AvgIpc) is 3.27. The summed E-state index contributed by atoms with van der Waals surface area (Å²) in [6.45, 7) is 15.0. The zero-order chi connectivity index (χ0) is 37.5. The van der Waals surface area contributed by atoms with Gasteiger partial charge in [0, 0.05) is 74.7 Å². The van der Waals surface area contributed by atoms with Crippen LogP contribution in [0.5, 0.6) is 0 Å². The van der Waals surface area contributed by atoms with Crippen molar-refractivity contribution in [2.75, 3.05) is 34.3 Å². The van der Waals surface area contributed by atoms with Gasteiger partial charge in [0.25, 0.3) is 5.97 Å². The summed E-state index contributed by atoms with van der Waals surface area (Å²) in [6, 6.07) is -1.03. The van der Waals surface area contributed by atoms with E-state index in [0.29, 0.717) is 6.42 Å². The Kier molecular flexibility index (Phi) is 16.4. The molecule has 1 N–H and O–H groups in total. The fourth-order valence-electron chi connectivity index (χ4n) is 8.68. The van der Waals surface area contributed by atoms with E-state index in [1.54, 1.807) is 55.1 Å². The van der Waals surface area contributed by atoms with Crippen LogP contribution in [0, 0.1) is 60.7 Å². The topological polar surface area (TPSA) is 159 Å². The Morgan fingerprint density at radius 2 is 1.65 bits per heavy atom. The Labute approximate surface area is 344 Å². The number of carbonyl (C=O) groups excluding carboxylic acids is 5. The molecule has 4 saturated heterocycles. The zero-order valence-corrected chi connectivity index (χ0v) is 38.3. The van der Waals surface area contributed by atoms with Crippen molar-refractivity contribution in [3.8, 4) is 0 Å². The number of carbonyl (C=O) groups is 5. The van der Waals surface area contributed by atoms with Gasteiger partial charge < -0.3 is 45.1 Å². The van der Waals surface area contributed by atoms with E-state index in [9.17, 15) is 24.0 Å². The van der Waals surface area contributed by atoms with E-state index in [-0.39, 0.29) is 80.4 Å². The Balaban J connectivity index is 0.00000468. The van der Waals surface area contributed by atoms with Crippen LogP contribution in [0.3, 0.4) is 0 Å². The SMILES string of the molecule is CC[C@H]1OC(=O)C(C)(C)[CH-][C@H](C)[C@@H](O[C@@H]2O[C@H](C)C[C@H](N(C)C)[C@H]2OC)[C@@]2(C)C[C@@H](C)C(=O)[C@H](C)[C@H]3N(CC(=O)CNC(=O)O2)C(=O)O[C@]13C.[U].[V]. The minimum Gasteiger partial charge on any atom is -0.460 e. The Morgan fingerprint density at radius 1 is 1.02 bits per heavy atom. The fourth-order valence-corrected chi connectivity index (χ4v) is 8.68. The molecular weight excluding hydrogens is 939 g/mol. The number of hydrogen-bond donors (Lipinski definition) is 1. The van der Waals surface area contributed by atoms with Crippen LogP contribution in [-0.2, 0) is 61.4 Å². The third-order valence-electron chi connectivity index (χ3n) is 11.0. The third-order valence-corrected chi connectivity index (χ3v) is 11.0. The number of Topliss-reactive ketones (excluding diaryl/α,β-unsaturated/α-hetero) is 2. The van der Waals surface area contributed by atoms with E-state index in [4.69, 9.17) is 28.4 Å². The summed E-state index contributed by atoms with van der Waals surface area (Å²) in [7, 11) is 5.49. The number of fused-ring (bicyclic) bond motifs is 4. The Hall–Kier alpha value is -1.17. The molecule has 4 fully saturated rings. The second kappa shape index (κ2) is 18.2. The molecule has 16 heteroatoms. The molecule has 1 radical (unpaired) electrons. The minimum atomic E-state index is -1.51. The van der Waals surface area contributed by atoms with Crippen molar-refractivity contribution in [1.29, 1.82) is 0 Å². The molecule has 0 aliphatic carbocycles. The molecule has 2 amide bonds. The number of esters is 1. The monoisotopic (exact) mass is 997 g/mol. The summed E-state index contributed by atoms with van der Waals surface area (Å²) in [6.07, 6.45) is -2.52. The van der Waals surface area contributed by atoms with Crippen LogP contribution in [0.1, 0.15) is 81.6 Å². The van der Waals surface area contributed by atoms with Crippen molar-refractivity contribution < 1.29 is 102 Å². The largest absolute Gasteiger partial charge is 0.460 e. The van der Waals surface area contributed by atoms with Crippen LogP contribution in [0.4, 0.5) is 9.59 Å². The van der Waals surface area contributed by atoms with Gasteiger partial charge in [-0.15, -0.1) is 5.92 Å². The molecule has 4 aliphatic heterocycles. The van der Waals surface area contributed by atoms with Crippen LogP contribution in [0.15, 0.2) is 0 Å². The number of rotatable bonds is 5. The van der Waals surface area contributed by atoms with Crippen LogP contribution < -0.4 is 5.32 Å². The summed E-state index contributed by atoms with van der Waals surface area (Å²) in [4.78, 5) is 72.1. The number of likely N-dealkylation sites (N-methyl/N-ethyl adjacent to an activating group) is 1. The number of alkyl carbamates (subject to hydrolysis) is 1. The van der Waals surface area contributed by atoms with Crippen molar-refractivity contribution in [2.45, 2.75) is 136 Å². The number of cyclic esters (lactones) is 1. The second-order valence-electron chi connectivity index (χ2n) is 15.9. The molecule has 0 unspecified atom stereocenters. The molecule has 4 aliphatic rings. The van der Waals surface area contributed by atoms with E-state index in [2.05, 4.69) is 5.32 Å². The van der Waals surface area contributed by atoms with Crippen molar-refractivity contribution in [2.24, 2.45) is 23.2 Å². The molecular formula is C36H58N3O11UV-.